The van der Waals surface area contributed by atoms with E-state index in [2.05, 4.69) is 5.32 Å². The molecule has 0 aliphatic rings. The number of likely N-dealkylation sites (N-methyl/N-ethyl adjacent to an activating group) is 1. The number of carbonyl (C=O) groups is 1. The van der Waals surface area contributed by atoms with E-state index in [1.54, 1.807) is 0 Å². The van der Waals surface area contributed by atoms with E-state index in [1.807, 2.05) is 25.9 Å². The highest BCUT2D eigenvalue weighted by atomic mass is 19.1. The second kappa shape index (κ2) is 5.63. The summed E-state index contributed by atoms with van der Waals surface area (Å²) in [5, 5.41) is 11.8. The van der Waals surface area contributed by atoms with Crippen LogP contribution in [0.3, 0.4) is 0 Å². The van der Waals surface area contributed by atoms with Gasteiger partial charge in [-0.2, -0.15) is 0 Å². The van der Waals surface area contributed by atoms with Gasteiger partial charge < -0.3 is 15.3 Å². The van der Waals surface area contributed by atoms with Crippen molar-refractivity contribution in [3.63, 3.8) is 0 Å². The fourth-order valence-corrected chi connectivity index (χ4v) is 1.31. The second-order valence-corrected chi connectivity index (χ2v) is 4.16. The molecule has 17 heavy (non-hydrogen) atoms. The van der Waals surface area contributed by atoms with Crippen LogP contribution >= 0.6 is 0 Å². The molecule has 0 radical (unpaired) electrons. The molecule has 0 aliphatic carbocycles. The molecule has 94 valence electrons. The van der Waals surface area contributed by atoms with Crippen molar-refractivity contribution in [1.82, 2.24) is 4.90 Å². The zero-order valence-electron chi connectivity index (χ0n) is 10.2. The highest BCUT2D eigenvalue weighted by Gasteiger charge is 2.14. The number of nitrogens with one attached hydrogen (secondary N) is 1. The van der Waals surface area contributed by atoms with E-state index < -0.39 is 11.8 Å². The second-order valence-electron chi connectivity index (χ2n) is 4.16. The smallest absolute Gasteiger partial charge is 0.337 e. The molecule has 0 saturated carbocycles. The lowest BCUT2D eigenvalue weighted by molar-refractivity contribution is 0.0697. The quantitative estimate of drug-likeness (QED) is 0.825. The number of benzene rings is 1. The Labute approximate surface area is 100 Å². The van der Waals surface area contributed by atoms with Crippen LogP contribution in [0, 0.1) is 5.82 Å². The van der Waals surface area contributed by atoms with E-state index in [0.717, 1.165) is 0 Å². The van der Waals surface area contributed by atoms with E-state index in [0.29, 0.717) is 6.54 Å². The van der Waals surface area contributed by atoms with Crippen molar-refractivity contribution in [3.05, 3.63) is 29.6 Å². The van der Waals surface area contributed by atoms with Gasteiger partial charge in [-0.3, -0.25) is 0 Å². The molecule has 0 aromatic heterocycles. The SMILES string of the molecule is CC(CNc1c(F)cccc1C(=O)O)N(C)C. The standard InChI is InChI=1S/C12H17FN2O2/c1-8(15(2)3)7-14-11-9(12(16)17)5-4-6-10(11)13/h4-6,8,14H,7H2,1-3H3,(H,16,17). The number of carboxylic acids is 1. The maximum atomic E-state index is 13.5. The Morgan fingerprint density at radius 3 is 2.71 bits per heavy atom. The van der Waals surface area contributed by atoms with Crippen molar-refractivity contribution in [3.8, 4) is 0 Å². The normalized spacial score (nSPS) is 12.5. The first kappa shape index (κ1) is 13.4. The molecule has 0 amide bonds. The number of hydrogen-bond acceptors (Lipinski definition) is 3. The van der Waals surface area contributed by atoms with E-state index in [4.69, 9.17) is 5.11 Å². The predicted octanol–water partition coefficient (Wildman–Crippen LogP) is 1.89. The van der Waals surface area contributed by atoms with E-state index in [9.17, 15) is 9.18 Å². The van der Waals surface area contributed by atoms with Crippen LogP contribution in [0.1, 0.15) is 17.3 Å². The highest BCUT2D eigenvalue weighted by molar-refractivity contribution is 5.94. The third kappa shape index (κ3) is 3.42. The van der Waals surface area contributed by atoms with Crippen LogP contribution in [0.5, 0.6) is 0 Å². The molecular formula is C12H17FN2O2. The molecule has 1 aromatic carbocycles. The van der Waals surface area contributed by atoms with E-state index in [1.165, 1.54) is 18.2 Å². The monoisotopic (exact) mass is 240 g/mol. The van der Waals surface area contributed by atoms with Gasteiger partial charge in [0.2, 0.25) is 0 Å². The lowest BCUT2D eigenvalue weighted by Crippen LogP contribution is -2.32. The van der Waals surface area contributed by atoms with Gasteiger partial charge in [0.1, 0.15) is 5.82 Å². The van der Waals surface area contributed by atoms with Crippen LogP contribution in [-0.4, -0.2) is 42.7 Å². The molecular weight excluding hydrogens is 223 g/mol. The van der Waals surface area contributed by atoms with Crippen molar-refractivity contribution in [2.24, 2.45) is 0 Å². The van der Waals surface area contributed by atoms with Gasteiger partial charge in [-0.05, 0) is 33.2 Å². The van der Waals surface area contributed by atoms with Gasteiger partial charge in [-0.15, -0.1) is 0 Å². The van der Waals surface area contributed by atoms with Gasteiger partial charge in [0.05, 0.1) is 11.3 Å². The summed E-state index contributed by atoms with van der Waals surface area (Å²) in [4.78, 5) is 12.9. The highest BCUT2D eigenvalue weighted by Crippen LogP contribution is 2.19. The van der Waals surface area contributed by atoms with Crippen LogP contribution < -0.4 is 5.32 Å². The molecule has 0 saturated heterocycles. The van der Waals surface area contributed by atoms with Gasteiger partial charge in [-0.1, -0.05) is 6.07 Å². The van der Waals surface area contributed by atoms with Gasteiger partial charge in [0, 0.05) is 12.6 Å². The van der Waals surface area contributed by atoms with Gasteiger partial charge in [0.15, 0.2) is 0 Å². The number of anilines is 1. The number of halogens is 1. The summed E-state index contributed by atoms with van der Waals surface area (Å²) in [6.07, 6.45) is 0. The van der Waals surface area contributed by atoms with Crippen molar-refractivity contribution >= 4 is 11.7 Å². The van der Waals surface area contributed by atoms with Crippen LogP contribution in [-0.2, 0) is 0 Å². The Morgan fingerprint density at radius 2 is 2.18 bits per heavy atom. The molecule has 0 spiro atoms. The Bertz CT molecular complexity index is 407. The van der Waals surface area contributed by atoms with Crippen molar-refractivity contribution in [1.29, 1.82) is 0 Å². The number of hydrogen-bond donors (Lipinski definition) is 2. The molecule has 0 aliphatic heterocycles. The summed E-state index contributed by atoms with van der Waals surface area (Å²) in [5.74, 6) is -1.68. The molecule has 0 heterocycles. The first-order valence-corrected chi connectivity index (χ1v) is 5.35. The summed E-state index contributed by atoms with van der Waals surface area (Å²) < 4.78 is 13.5. The van der Waals surface area contributed by atoms with Crippen molar-refractivity contribution < 1.29 is 14.3 Å². The van der Waals surface area contributed by atoms with Crippen molar-refractivity contribution in [2.75, 3.05) is 26.0 Å². The molecule has 1 atom stereocenters. The summed E-state index contributed by atoms with van der Waals surface area (Å²) in [6, 6.07) is 4.19. The molecule has 4 nitrogen and oxygen atoms in total. The first-order chi connectivity index (χ1) is 7.93. The molecule has 5 heteroatoms. The lowest BCUT2D eigenvalue weighted by Gasteiger charge is -2.21. The summed E-state index contributed by atoms with van der Waals surface area (Å²) in [6.45, 7) is 2.45. The average molecular weight is 240 g/mol. The molecule has 0 fully saturated rings. The third-order valence-electron chi connectivity index (χ3n) is 2.70. The number of rotatable bonds is 5. The maximum absolute atomic E-state index is 13.5. The van der Waals surface area contributed by atoms with Crippen molar-refractivity contribution in [2.45, 2.75) is 13.0 Å². The number of aromatic carboxylic acids is 1. The minimum absolute atomic E-state index is 0.0454. The fraction of sp³-hybridized carbons (Fsp3) is 0.417. The van der Waals surface area contributed by atoms with Crippen LogP contribution in [0.2, 0.25) is 0 Å². The number of para-hydroxylation sites is 1. The Kier molecular flexibility index (Phi) is 4.45. The zero-order chi connectivity index (χ0) is 13.0. The molecule has 1 aromatic rings. The maximum Gasteiger partial charge on any atom is 0.337 e. The number of carboxylic acid groups (broad SMARTS) is 1. The molecule has 0 bridgehead atoms. The Hall–Kier alpha value is -1.62. The van der Waals surface area contributed by atoms with Crippen LogP contribution in [0.25, 0.3) is 0 Å². The summed E-state index contributed by atoms with van der Waals surface area (Å²) in [7, 11) is 3.82. The Balaban J connectivity index is 2.86. The van der Waals surface area contributed by atoms with Crippen LogP contribution in [0.4, 0.5) is 10.1 Å². The summed E-state index contributed by atoms with van der Waals surface area (Å²) in [5.41, 5.74) is 0.00431. The fourth-order valence-electron chi connectivity index (χ4n) is 1.31. The summed E-state index contributed by atoms with van der Waals surface area (Å²) >= 11 is 0. The molecule has 1 rings (SSSR count). The molecule has 2 N–H and O–H groups in total. The minimum Gasteiger partial charge on any atom is -0.478 e. The van der Waals surface area contributed by atoms with Gasteiger partial charge in [0.25, 0.3) is 0 Å². The first-order valence-electron chi connectivity index (χ1n) is 5.35. The largest absolute Gasteiger partial charge is 0.478 e. The zero-order valence-corrected chi connectivity index (χ0v) is 10.2. The van der Waals surface area contributed by atoms with Gasteiger partial charge >= 0.3 is 5.97 Å². The third-order valence-corrected chi connectivity index (χ3v) is 2.70. The predicted molar refractivity (Wildman–Crippen MR) is 65.0 cm³/mol. The minimum atomic E-state index is -1.13. The van der Waals surface area contributed by atoms with Gasteiger partial charge in [-0.25, -0.2) is 9.18 Å². The molecule has 1 unspecified atom stereocenters. The van der Waals surface area contributed by atoms with Crippen LogP contribution in [0.15, 0.2) is 18.2 Å². The lowest BCUT2D eigenvalue weighted by atomic mass is 10.1. The topological polar surface area (TPSA) is 52.6 Å². The number of nitrogens with zero attached hydrogens (tertiary/aromatic N) is 1. The average Bonchev–Trinajstić information content (AvgIpc) is 2.26. The van der Waals surface area contributed by atoms with E-state index >= 15 is 0 Å². The Morgan fingerprint density at radius 1 is 1.53 bits per heavy atom. The van der Waals surface area contributed by atoms with E-state index in [-0.39, 0.29) is 17.3 Å².